The summed E-state index contributed by atoms with van der Waals surface area (Å²) in [6.07, 6.45) is 0. The third kappa shape index (κ3) is 2.62. The molecule has 1 aromatic rings. The van der Waals surface area contributed by atoms with Gasteiger partial charge in [0.2, 0.25) is 20.0 Å². The lowest BCUT2D eigenvalue weighted by Crippen LogP contribution is -2.17. The SMILES string of the molecule is Nc1c(Cl)cc(S(N)(=O)=O)cc1S(N)(=O)=O. The van der Waals surface area contributed by atoms with E-state index >= 15 is 0 Å². The zero-order chi connectivity index (χ0) is 12.7. The molecule has 0 saturated heterocycles. The van der Waals surface area contributed by atoms with Crippen molar-refractivity contribution in [3.8, 4) is 0 Å². The van der Waals surface area contributed by atoms with E-state index in [-0.39, 0.29) is 10.7 Å². The summed E-state index contributed by atoms with van der Waals surface area (Å²) in [5, 5.41) is 9.41. The Morgan fingerprint density at radius 2 is 1.50 bits per heavy atom. The monoisotopic (exact) mass is 285 g/mol. The molecule has 10 heteroatoms. The smallest absolute Gasteiger partial charge is 0.240 e. The van der Waals surface area contributed by atoms with Crippen molar-refractivity contribution in [1.82, 2.24) is 0 Å². The summed E-state index contributed by atoms with van der Waals surface area (Å²) in [5.41, 5.74) is 5.03. The Hall–Kier alpha value is -0.870. The van der Waals surface area contributed by atoms with Gasteiger partial charge in [0.05, 0.1) is 15.6 Å². The van der Waals surface area contributed by atoms with Crippen LogP contribution in [0, 0.1) is 0 Å². The Bertz CT molecular complexity index is 638. The predicted octanol–water partition coefficient (Wildman–Crippen LogP) is -0.783. The van der Waals surface area contributed by atoms with Crippen LogP contribution in [0.25, 0.3) is 0 Å². The molecule has 16 heavy (non-hydrogen) atoms. The minimum Gasteiger partial charge on any atom is -0.396 e. The Morgan fingerprint density at radius 3 is 1.88 bits per heavy atom. The minimum atomic E-state index is -4.17. The largest absolute Gasteiger partial charge is 0.396 e. The van der Waals surface area contributed by atoms with Crippen molar-refractivity contribution in [3.05, 3.63) is 17.2 Å². The molecule has 0 aliphatic carbocycles. The van der Waals surface area contributed by atoms with Gasteiger partial charge in [-0.05, 0) is 12.1 Å². The van der Waals surface area contributed by atoms with Gasteiger partial charge in [-0.1, -0.05) is 11.6 Å². The van der Waals surface area contributed by atoms with Gasteiger partial charge in [0.25, 0.3) is 0 Å². The summed E-state index contributed by atoms with van der Waals surface area (Å²) >= 11 is 5.57. The molecule has 0 spiro atoms. The average Bonchev–Trinajstić information content (AvgIpc) is 2.05. The normalized spacial score (nSPS) is 12.7. The highest BCUT2D eigenvalue weighted by atomic mass is 35.5. The van der Waals surface area contributed by atoms with Crippen LogP contribution in [0.1, 0.15) is 0 Å². The highest BCUT2D eigenvalue weighted by Gasteiger charge is 2.20. The van der Waals surface area contributed by atoms with Crippen molar-refractivity contribution in [3.63, 3.8) is 0 Å². The molecule has 0 atom stereocenters. The van der Waals surface area contributed by atoms with E-state index in [1.54, 1.807) is 0 Å². The number of benzene rings is 1. The Balaban J connectivity index is 3.72. The van der Waals surface area contributed by atoms with Crippen molar-refractivity contribution in [2.75, 3.05) is 5.73 Å². The fraction of sp³-hybridized carbons (Fsp3) is 0. The van der Waals surface area contributed by atoms with Crippen LogP contribution in [-0.2, 0) is 20.0 Å². The van der Waals surface area contributed by atoms with Crippen LogP contribution in [0.2, 0.25) is 5.02 Å². The van der Waals surface area contributed by atoms with E-state index in [0.29, 0.717) is 0 Å². The van der Waals surface area contributed by atoms with Crippen molar-refractivity contribution < 1.29 is 16.8 Å². The number of primary sulfonamides is 2. The second-order valence-electron chi connectivity index (χ2n) is 2.91. The number of sulfonamides is 2. The number of anilines is 1. The summed E-state index contributed by atoms with van der Waals surface area (Å²) in [6.45, 7) is 0. The van der Waals surface area contributed by atoms with Crippen LogP contribution in [0.5, 0.6) is 0 Å². The fourth-order valence-electron chi connectivity index (χ4n) is 0.969. The van der Waals surface area contributed by atoms with Crippen LogP contribution in [-0.4, -0.2) is 16.8 Å². The lowest BCUT2D eigenvalue weighted by molar-refractivity contribution is 0.596. The number of nitrogen functional groups attached to an aromatic ring is 1. The van der Waals surface area contributed by atoms with Gasteiger partial charge in [-0.15, -0.1) is 0 Å². The molecule has 0 bridgehead atoms. The zero-order valence-electron chi connectivity index (χ0n) is 7.71. The molecular formula is C6H8ClN3O4S2. The first kappa shape index (κ1) is 13.2. The third-order valence-electron chi connectivity index (χ3n) is 1.70. The summed E-state index contributed by atoms with van der Waals surface area (Å²) in [5.74, 6) is 0. The molecule has 6 N–H and O–H groups in total. The van der Waals surface area contributed by atoms with Crippen molar-refractivity contribution >= 4 is 37.3 Å². The molecule has 0 amide bonds. The lowest BCUT2D eigenvalue weighted by atomic mass is 10.3. The number of halogens is 1. The quantitative estimate of drug-likeness (QED) is 0.610. The Morgan fingerprint density at radius 1 is 1.00 bits per heavy atom. The Labute approximate surface area is 97.3 Å². The molecule has 1 aromatic carbocycles. The van der Waals surface area contributed by atoms with Crippen LogP contribution < -0.4 is 16.0 Å². The first-order valence-electron chi connectivity index (χ1n) is 3.68. The van der Waals surface area contributed by atoms with Gasteiger partial charge in [-0.3, -0.25) is 0 Å². The van der Waals surface area contributed by atoms with Crippen molar-refractivity contribution in [2.45, 2.75) is 9.79 Å². The van der Waals surface area contributed by atoms with Crippen LogP contribution in [0.15, 0.2) is 21.9 Å². The highest BCUT2D eigenvalue weighted by molar-refractivity contribution is 7.90. The van der Waals surface area contributed by atoms with E-state index in [0.717, 1.165) is 12.1 Å². The molecule has 7 nitrogen and oxygen atoms in total. The number of rotatable bonds is 2. The maximum atomic E-state index is 11.1. The summed E-state index contributed by atoms with van der Waals surface area (Å²) in [6, 6.07) is 1.70. The maximum Gasteiger partial charge on any atom is 0.240 e. The first-order valence-corrected chi connectivity index (χ1v) is 7.15. The van der Waals surface area contributed by atoms with Gasteiger partial charge in [-0.25, -0.2) is 27.1 Å². The standard InChI is InChI=1S/C6H8ClN3O4S2/c7-4-1-3(15(9,11)12)2-5(6(4)8)16(10,13)14/h1-2H,8H2,(H2,9,11,12)(H2,10,13,14). The molecule has 0 aromatic heterocycles. The van der Waals surface area contributed by atoms with Crippen LogP contribution in [0.3, 0.4) is 0 Å². The topological polar surface area (TPSA) is 146 Å². The predicted molar refractivity (Wildman–Crippen MR) is 58.6 cm³/mol. The molecule has 0 aliphatic heterocycles. The maximum absolute atomic E-state index is 11.1. The van der Waals surface area contributed by atoms with Gasteiger partial charge in [0, 0.05) is 0 Å². The second kappa shape index (κ2) is 3.86. The minimum absolute atomic E-state index is 0.254. The van der Waals surface area contributed by atoms with E-state index < -0.39 is 29.8 Å². The van der Waals surface area contributed by atoms with E-state index in [1.165, 1.54) is 0 Å². The number of nitrogens with two attached hydrogens (primary N) is 3. The van der Waals surface area contributed by atoms with Gasteiger partial charge >= 0.3 is 0 Å². The van der Waals surface area contributed by atoms with Crippen LogP contribution in [0.4, 0.5) is 5.69 Å². The van der Waals surface area contributed by atoms with Gasteiger partial charge in [0.15, 0.2) is 0 Å². The van der Waals surface area contributed by atoms with Crippen molar-refractivity contribution in [2.24, 2.45) is 10.3 Å². The molecule has 90 valence electrons. The van der Waals surface area contributed by atoms with E-state index in [9.17, 15) is 16.8 Å². The summed E-state index contributed by atoms with van der Waals surface area (Å²) in [4.78, 5) is -1.06. The fourth-order valence-corrected chi connectivity index (χ4v) is 2.66. The Kier molecular flexibility index (Phi) is 3.18. The van der Waals surface area contributed by atoms with Crippen LogP contribution >= 0.6 is 11.6 Å². The average molecular weight is 286 g/mol. The highest BCUT2D eigenvalue weighted by Crippen LogP contribution is 2.29. The zero-order valence-corrected chi connectivity index (χ0v) is 10.1. The van der Waals surface area contributed by atoms with E-state index in [1.807, 2.05) is 0 Å². The number of hydrogen-bond acceptors (Lipinski definition) is 5. The molecule has 0 radical (unpaired) electrons. The lowest BCUT2D eigenvalue weighted by Gasteiger charge is -2.07. The molecule has 0 aliphatic rings. The second-order valence-corrected chi connectivity index (χ2v) is 6.41. The van der Waals surface area contributed by atoms with E-state index in [2.05, 4.69) is 0 Å². The number of hydrogen-bond donors (Lipinski definition) is 3. The molecular weight excluding hydrogens is 278 g/mol. The molecule has 0 fully saturated rings. The summed E-state index contributed by atoms with van der Waals surface area (Å²) in [7, 11) is -8.25. The van der Waals surface area contributed by atoms with Gasteiger partial charge < -0.3 is 5.73 Å². The van der Waals surface area contributed by atoms with Gasteiger partial charge in [-0.2, -0.15) is 0 Å². The molecule has 0 unspecified atom stereocenters. The third-order valence-corrected chi connectivity index (χ3v) is 3.86. The van der Waals surface area contributed by atoms with E-state index in [4.69, 9.17) is 27.6 Å². The first-order chi connectivity index (χ1) is 7.03. The summed E-state index contributed by atoms with van der Waals surface area (Å²) < 4.78 is 44.2. The van der Waals surface area contributed by atoms with Gasteiger partial charge in [0.1, 0.15) is 4.90 Å². The molecule has 0 heterocycles. The molecule has 1 rings (SSSR count). The van der Waals surface area contributed by atoms with Crippen molar-refractivity contribution in [1.29, 1.82) is 0 Å². The molecule has 0 saturated carbocycles.